The number of fused-ring (bicyclic) bond motifs is 1. The average molecular weight is 229 g/mol. The first-order valence-electron chi connectivity index (χ1n) is 5.33. The Morgan fingerprint density at radius 1 is 1.06 bits per heavy atom. The number of rotatable bonds is 1. The zero-order valence-corrected chi connectivity index (χ0v) is 9.04. The van der Waals surface area contributed by atoms with Crippen molar-refractivity contribution in [3.63, 3.8) is 0 Å². The zero-order valence-electron chi connectivity index (χ0n) is 9.04. The van der Waals surface area contributed by atoms with Gasteiger partial charge in [-0.1, -0.05) is 18.2 Å². The molecule has 0 bridgehead atoms. The van der Waals surface area contributed by atoms with Crippen LogP contribution in [0.4, 0.5) is 0 Å². The van der Waals surface area contributed by atoms with Gasteiger partial charge in [0.2, 0.25) is 0 Å². The number of para-hydroxylation sites is 2. The van der Waals surface area contributed by atoms with Gasteiger partial charge < -0.3 is 14.6 Å². The Hall–Kier alpha value is -2.07. The SMILES string of the molecule is O[C@]1(c2ccccn2)COc2ccccc2O1. The van der Waals surface area contributed by atoms with Crippen molar-refractivity contribution < 1.29 is 14.6 Å². The average Bonchev–Trinajstić information content (AvgIpc) is 2.40. The predicted molar refractivity (Wildman–Crippen MR) is 60.7 cm³/mol. The molecule has 3 rings (SSSR count). The van der Waals surface area contributed by atoms with E-state index in [4.69, 9.17) is 9.47 Å². The van der Waals surface area contributed by atoms with Gasteiger partial charge in [0, 0.05) is 6.20 Å². The van der Waals surface area contributed by atoms with Gasteiger partial charge in [-0.05, 0) is 24.3 Å². The first kappa shape index (κ1) is 10.1. The second-order valence-electron chi connectivity index (χ2n) is 3.84. The molecule has 0 fully saturated rings. The number of hydrogen-bond donors (Lipinski definition) is 1. The summed E-state index contributed by atoms with van der Waals surface area (Å²) in [5.74, 6) is -0.365. The molecule has 0 aliphatic carbocycles. The monoisotopic (exact) mass is 229 g/mol. The van der Waals surface area contributed by atoms with Gasteiger partial charge >= 0.3 is 0 Å². The van der Waals surface area contributed by atoms with Crippen molar-refractivity contribution in [1.82, 2.24) is 4.98 Å². The maximum absolute atomic E-state index is 10.4. The van der Waals surface area contributed by atoms with Gasteiger partial charge in [-0.15, -0.1) is 0 Å². The smallest absolute Gasteiger partial charge is 0.286 e. The van der Waals surface area contributed by atoms with Crippen LogP contribution in [0.25, 0.3) is 0 Å². The Balaban J connectivity index is 1.98. The van der Waals surface area contributed by atoms with Gasteiger partial charge in [0.25, 0.3) is 5.79 Å². The molecule has 0 amide bonds. The van der Waals surface area contributed by atoms with Gasteiger partial charge in [0.1, 0.15) is 5.69 Å². The van der Waals surface area contributed by atoms with Crippen molar-refractivity contribution in [2.75, 3.05) is 6.61 Å². The molecule has 0 spiro atoms. The maximum atomic E-state index is 10.4. The highest BCUT2D eigenvalue weighted by Crippen LogP contribution is 2.37. The lowest BCUT2D eigenvalue weighted by Gasteiger charge is -2.33. The van der Waals surface area contributed by atoms with Crippen molar-refractivity contribution in [3.05, 3.63) is 54.4 Å². The molecule has 1 N–H and O–H groups in total. The third kappa shape index (κ3) is 1.72. The molecular weight excluding hydrogens is 218 g/mol. The first-order valence-corrected chi connectivity index (χ1v) is 5.33. The topological polar surface area (TPSA) is 51.6 Å². The molecule has 2 heterocycles. The summed E-state index contributed by atoms with van der Waals surface area (Å²) in [4.78, 5) is 4.09. The number of ether oxygens (including phenoxy) is 2. The Bertz CT molecular complexity index is 529. The summed E-state index contributed by atoms with van der Waals surface area (Å²) in [7, 11) is 0. The second-order valence-corrected chi connectivity index (χ2v) is 3.84. The molecular formula is C13H11NO3. The number of aromatic nitrogens is 1. The van der Waals surface area contributed by atoms with E-state index in [1.165, 1.54) is 0 Å². The van der Waals surface area contributed by atoms with E-state index >= 15 is 0 Å². The molecule has 1 aliphatic heterocycles. The van der Waals surface area contributed by atoms with E-state index in [0.717, 1.165) is 0 Å². The fourth-order valence-electron chi connectivity index (χ4n) is 1.76. The second kappa shape index (κ2) is 3.75. The van der Waals surface area contributed by atoms with E-state index in [1.807, 2.05) is 12.1 Å². The highest BCUT2D eigenvalue weighted by molar-refractivity contribution is 5.41. The van der Waals surface area contributed by atoms with Crippen LogP contribution in [0.15, 0.2) is 48.7 Å². The van der Waals surface area contributed by atoms with E-state index in [1.54, 1.807) is 36.5 Å². The molecule has 0 unspecified atom stereocenters. The minimum absolute atomic E-state index is 0.0288. The molecule has 17 heavy (non-hydrogen) atoms. The molecule has 0 saturated carbocycles. The number of pyridine rings is 1. The number of benzene rings is 1. The number of nitrogens with zero attached hydrogens (tertiary/aromatic N) is 1. The van der Waals surface area contributed by atoms with E-state index in [0.29, 0.717) is 17.2 Å². The normalized spacial score (nSPS) is 22.2. The highest BCUT2D eigenvalue weighted by Gasteiger charge is 2.38. The molecule has 1 aromatic carbocycles. The standard InChI is InChI=1S/C13H11NO3/c15-13(12-7-3-4-8-14-12)9-16-10-5-1-2-6-11(10)17-13/h1-8,15H,9H2/t13-/m1/s1. The zero-order chi connectivity index (χ0) is 11.7. The summed E-state index contributed by atoms with van der Waals surface area (Å²) in [6.45, 7) is 0.0288. The molecule has 4 nitrogen and oxygen atoms in total. The van der Waals surface area contributed by atoms with Gasteiger partial charge in [0.15, 0.2) is 18.1 Å². The van der Waals surface area contributed by atoms with E-state index < -0.39 is 5.79 Å². The Morgan fingerprint density at radius 3 is 2.59 bits per heavy atom. The first-order chi connectivity index (χ1) is 8.28. The van der Waals surface area contributed by atoms with Crippen molar-refractivity contribution in [2.45, 2.75) is 5.79 Å². The molecule has 1 atom stereocenters. The summed E-state index contributed by atoms with van der Waals surface area (Å²) >= 11 is 0. The van der Waals surface area contributed by atoms with E-state index in [-0.39, 0.29) is 6.61 Å². The Labute approximate surface area is 98.5 Å². The van der Waals surface area contributed by atoms with Crippen molar-refractivity contribution in [2.24, 2.45) is 0 Å². The van der Waals surface area contributed by atoms with Crippen LogP contribution >= 0.6 is 0 Å². The summed E-state index contributed by atoms with van der Waals surface area (Å²) in [5.41, 5.74) is 0.439. The van der Waals surface area contributed by atoms with E-state index in [9.17, 15) is 5.11 Å². The fraction of sp³-hybridized carbons (Fsp3) is 0.154. The Kier molecular flexibility index (Phi) is 2.23. The van der Waals surface area contributed by atoms with Crippen LogP contribution in [0.3, 0.4) is 0 Å². The quantitative estimate of drug-likeness (QED) is 0.808. The molecule has 0 radical (unpaired) electrons. The lowest BCUT2D eigenvalue weighted by Crippen LogP contribution is -2.42. The van der Waals surface area contributed by atoms with Crippen LogP contribution in [0, 0.1) is 0 Å². The lowest BCUT2D eigenvalue weighted by atomic mass is 10.1. The molecule has 1 aliphatic rings. The minimum Gasteiger partial charge on any atom is -0.482 e. The predicted octanol–water partition coefficient (Wildman–Crippen LogP) is 1.70. The minimum atomic E-state index is -1.52. The summed E-state index contributed by atoms with van der Waals surface area (Å²) in [5, 5.41) is 10.4. The van der Waals surface area contributed by atoms with Gasteiger partial charge in [-0.3, -0.25) is 4.98 Å². The Morgan fingerprint density at radius 2 is 1.82 bits per heavy atom. The van der Waals surface area contributed by atoms with Crippen LogP contribution in [0.2, 0.25) is 0 Å². The van der Waals surface area contributed by atoms with Crippen molar-refractivity contribution >= 4 is 0 Å². The molecule has 4 heteroatoms. The summed E-state index contributed by atoms with van der Waals surface area (Å²) in [6, 6.07) is 12.5. The third-order valence-corrected chi connectivity index (χ3v) is 2.62. The molecule has 86 valence electrons. The van der Waals surface area contributed by atoms with Crippen LogP contribution in [0.5, 0.6) is 11.5 Å². The van der Waals surface area contributed by atoms with Crippen LogP contribution in [-0.2, 0) is 5.79 Å². The summed E-state index contributed by atoms with van der Waals surface area (Å²) in [6.07, 6.45) is 1.61. The van der Waals surface area contributed by atoms with Gasteiger partial charge in [-0.2, -0.15) is 0 Å². The molecule has 2 aromatic rings. The van der Waals surface area contributed by atoms with Crippen LogP contribution < -0.4 is 9.47 Å². The highest BCUT2D eigenvalue weighted by atomic mass is 16.7. The molecule has 0 saturated heterocycles. The van der Waals surface area contributed by atoms with E-state index in [2.05, 4.69) is 4.98 Å². The van der Waals surface area contributed by atoms with Crippen molar-refractivity contribution in [3.8, 4) is 11.5 Å². The summed E-state index contributed by atoms with van der Waals surface area (Å²) < 4.78 is 11.1. The van der Waals surface area contributed by atoms with Crippen molar-refractivity contribution in [1.29, 1.82) is 0 Å². The number of hydrogen-bond acceptors (Lipinski definition) is 4. The molecule has 1 aromatic heterocycles. The lowest BCUT2D eigenvalue weighted by molar-refractivity contribution is -0.185. The van der Waals surface area contributed by atoms with Gasteiger partial charge in [0.05, 0.1) is 0 Å². The van der Waals surface area contributed by atoms with Gasteiger partial charge in [-0.25, -0.2) is 0 Å². The fourth-order valence-corrected chi connectivity index (χ4v) is 1.76. The maximum Gasteiger partial charge on any atom is 0.286 e. The third-order valence-electron chi connectivity index (χ3n) is 2.62. The van der Waals surface area contributed by atoms with Crippen LogP contribution in [0.1, 0.15) is 5.69 Å². The largest absolute Gasteiger partial charge is 0.482 e. The van der Waals surface area contributed by atoms with Crippen LogP contribution in [-0.4, -0.2) is 16.7 Å². The number of aliphatic hydroxyl groups is 1.